The number of aliphatic hydroxyl groups excluding tert-OH is 1. The van der Waals surface area contributed by atoms with Crippen LogP contribution in [0.2, 0.25) is 0 Å². The largest absolute Gasteiger partial charge is 0.390 e. The predicted molar refractivity (Wildman–Crippen MR) is 81.2 cm³/mol. The lowest BCUT2D eigenvalue weighted by atomic mass is 10.0. The van der Waals surface area contributed by atoms with Gasteiger partial charge in [-0.05, 0) is 24.9 Å². The first-order chi connectivity index (χ1) is 9.25. The van der Waals surface area contributed by atoms with E-state index in [0.29, 0.717) is 13.1 Å². The van der Waals surface area contributed by atoms with Crippen LogP contribution in [-0.2, 0) is 6.42 Å². The average molecular weight is 300 g/mol. The van der Waals surface area contributed by atoms with Crippen LogP contribution in [0.3, 0.4) is 0 Å². The number of hydrogen-bond acceptors (Lipinski definition) is 3. The van der Waals surface area contributed by atoms with E-state index in [1.165, 1.54) is 5.56 Å². The fourth-order valence-corrected chi connectivity index (χ4v) is 2.19. The molecule has 1 aromatic carbocycles. The Morgan fingerprint density at radius 2 is 2.10 bits per heavy atom. The molecular formula is C14H22ClN3O2. The second-order valence-corrected chi connectivity index (χ2v) is 4.80. The van der Waals surface area contributed by atoms with E-state index in [4.69, 9.17) is 0 Å². The third kappa shape index (κ3) is 5.36. The number of aliphatic hydroxyl groups is 1. The molecule has 112 valence electrons. The summed E-state index contributed by atoms with van der Waals surface area (Å²) >= 11 is 0. The molecule has 1 fully saturated rings. The van der Waals surface area contributed by atoms with Crippen molar-refractivity contribution in [2.45, 2.75) is 25.0 Å². The van der Waals surface area contributed by atoms with Crippen LogP contribution < -0.4 is 16.0 Å². The van der Waals surface area contributed by atoms with Gasteiger partial charge in [0, 0.05) is 13.1 Å². The zero-order chi connectivity index (χ0) is 13.5. The number of β-amino-alcohol motifs (C(OH)–C–C–N with tert-alkyl or cyclic N) is 1. The van der Waals surface area contributed by atoms with E-state index in [2.05, 4.69) is 16.0 Å². The van der Waals surface area contributed by atoms with Crippen LogP contribution in [-0.4, -0.2) is 42.9 Å². The number of nitrogens with one attached hydrogen (secondary N) is 3. The molecule has 4 N–H and O–H groups in total. The Balaban J connectivity index is 0.00000200. The predicted octanol–water partition coefficient (Wildman–Crippen LogP) is 0.673. The van der Waals surface area contributed by atoms with Crippen molar-refractivity contribution in [1.82, 2.24) is 16.0 Å². The SMILES string of the molecule is Cl.O=C(NCCc1ccccc1)N[C@@H]1CCNC[C@H]1O. The lowest BCUT2D eigenvalue weighted by molar-refractivity contribution is 0.106. The molecule has 0 radical (unpaired) electrons. The number of carbonyl (C=O) groups excluding carboxylic acids is 1. The van der Waals surface area contributed by atoms with Gasteiger partial charge in [0.25, 0.3) is 0 Å². The van der Waals surface area contributed by atoms with E-state index in [-0.39, 0.29) is 24.5 Å². The van der Waals surface area contributed by atoms with Crippen molar-refractivity contribution in [3.05, 3.63) is 35.9 Å². The number of amides is 2. The van der Waals surface area contributed by atoms with Gasteiger partial charge in [-0.15, -0.1) is 12.4 Å². The average Bonchev–Trinajstić information content (AvgIpc) is 2.43. The highest BCUT2D eigenvalue weighted by Gasteiger charge is 2.23. The number of piperidine rings is 1. The molecule has 1 heterocycles. The van der Waals surface area contributed by atoms with Crippen LogP contribution in [0.15, 0.2) is 30.3 Å². The molecule has 0 aliphatic carbocycles. The number of halogens is 1. The van der Waals surface area contributed by atoms with E-state index < -0.39 is 6.10 Å². The summed E-state index contributed by atoms with van der Waals surface area (Å²) in [6.07, 6.45) is 1.06. The van der Waals surface area contributed by atoms with E-state index in [1.807, 2.05) is 30.3 Å². The normalized spacial score (nSPS) is 21.6. The van der Waals surface area contributed by atoms with Crippen molar-refractivity contribution < 1.29 is 9.90 Å². The molecule has 1 aliphatic heterocycles. The number of benzene rings is 1. The van der Waals surface area contributed by atoms with E-state index in [9.17, 15) is 9.90 Å². The molecule has 0 unspecified atom stereocenters. The molecule has 0 bridgehead atoms. The van der Waals surface area contributed by atoms with Gasteiger partial charge in [-0.25, -0.2) is 4.79 Å². The summed E-state index contributed by atoms with van der Waals surface area (Å²) in [5, 5.41) is 18.4. The second kappa shape index (κ2) is 8.79. The smallest absolute Gasteiger partial charge is 0.315 e. The van der Waals surface area contributed by atoms with Crippen molar-refractivity contribution in [2.24, 2.45) is 0 Å². The van der Waals surface area contributed by atoms with Crippen molar-refractivity contribution >= 4 is 18.4 Å². The standard InChI is InChI=1S/C14H21N3O2.ClH/c18-13-10-15-8-7-12(13)17-14(19)16-9-6-11-4-2-1-3-5-11;/h1-5,12-13,15,18H,6-10H2,(H2,16,17,19);1H/t12-,13-;/m1./s1. The van der Waals surface area contributed by atoms with E-state index in [1.54, 1.807) is 0 Å². The summed E-state index contributed by atoms with van der Waals surface area (Å²) in [4.78, 5) is 11.7. The molecule has 1 saturated heterocycles. The zero-order valence-corrected chi connectivity index (χ0v) is 12.2. The van der Waals surface area contributed by atoms with Crippen LogP contribution >= 0.6 is 12.4 Å². The molecule has 2 amide bonds. The maximum atomic E-state index is 11.7. The van der Waals surface area contributed by atoms with Crippen LogP contribution in [0, 0.1) is 0 Å². The Labute approximate surface area is 125 Å². The summed E-state index contributed by atoms with van der Waals surface area (Å²) < 4.78 is 0. The molecule has 6 heteroatoms. The monoisotopic (exact) mass is 299 g/mol. The summed E-state index contributed by atoms with van der Waals surface area (Å²) in [7, 11) is 0. The molecule has 5 nitrogen and oxygen atoms in total. The minimum absolute atomic E-state index is 0. The minimum Gasteiger partial charge on any atom is -0.390 e. The highest BCUT2D eigenvalue weighted by Crippen LogP contribution is 2.03. The molecule has 0 saturated carbocycles. The number of rotatable bonds is 4. The van der Waals surface area contributed by atoms with E-state index in [0.717, 1.165) is 19.4 Å². The first kappa shape index (κ1) is 16.8. The Kier molecular flexibility index (Phi) is 7.36. The van der Waals surface area contributed by atoms with Crippen LogP contribution in [0.5, 0.6) is 0 Å². The van der Waals surface area contributed by atoms with Gasteiger partial charge in [-0.2, -0.15) is 0 Å². The molecule has 0 aromatic heterocycles. The molecule has 1 aliphatic rings. The minimum atomic E-state index is -0.506. The lowest BCUT2D eigenvalue weighted by Gasteiger charge is -2.29. The molecule has 20 heavy (non-hydrogen) atoms. The zero-order valence-electron chi connectivity index (χ0n) is 11.3. The summed E-state index contributed by atoms with van der Waals surface area (Å²) in [5.41, 5.74) is 1.20. The Morgan fingerprint density at radius 3 is 2.80 bits per heavy atom. The Hall–Kier alpha value is -1.30. The first-order valence-corrected chi connectivity index (χ1v) is 6.73. The maximum Gasteiger partial charge on any atom is 0.315 e. The molecule has 0 spiro atoms. The fraction of sp³-hybridized carbons (Fsp3) is 0.500. The quantitative estimate of drug-likeness (QED) is 0.660. The van der Waals surface area contributed by atoms with Gasteiger partial charge in [0.2, 0.25) is 0 Å². The van der Waals surface area contributed by atoms with Gasteiger partial charge in [-0.3, -0.25) is 0 Å². The third-order valence-corrected chi connectivity index (χ3v) is 3.31. The van der Waals surface area contributed by atoms with Gasteiger partial charge in [0.15, 0.2) is 0 Å². The first-order valence-electron chi connectivity index (χ1n) is 6.73. The van der Waals surface area contributed by atoms with Crippen molar-refractivity contribution in [3.8, 4) is 0 Å². The van der Waals surface area contributed by atoms with Gasteiger partial charge < -0.3 is 21.1 Å². The molecule has 1 aromatic rings. The van der Waals surface area contributed by atoms with Crippen molar-refractivity contribution in [1.29, 1.82) is 0 Å². The van der Waals surface area contributed by atoms with Gasteiger partial charge in [0.05, 0.1) is 12.1 Å². The van der Waals surface area contributed by atoms with E-state index >= 15 is 0 Å². The Morgan fingerprint density at radius 1 is 1.35 bits per heavy atom. The van der Waals surface area contributed by atoms with Gasteiger partial charge in [0.1, 0.15) is 0 Å². The van der Waals surface area contributed by atoms with Crippen LogP contribution in [0.25, 0.3) is 0 Å². The fourth-order valence-electron chi connectivity index (χ4n) is 2.19. The van der Waals surface area contributed by atoms with Crippen LogP contribution in [0.1, 0.15) is 12.0 Å². The van der Waals surface area contributed by atoms with Gasteiger partial charge in [-0.1, -0.05) is 30.3 Å². The molecule has 2 atom stereocenters. The van der Waals surface area contributed by atoms with Crippen molar-refractivity contribution in [2.75, 3.05) is 19.6 Å². The maximum absolute atomic E-state index is 11.7. The number of hydrogen-bond donors (Lipinski definition) is 4. The summed E-state index contributed by atoms with van der Waals surface area (Å²) in [5.74, 6) is 0. The third-order valence-electron chi connectivity index (χ3n) is 3.31. The van der Waals surface area contributed by atoms with Gasteiger partial charge >= 0.3 is 6.03 Å². The number of urea groups is 1. The summed E-state index contributed by atoms with van der Waals surface area (Å²) in [6.45, 7) is 1.96. The lowest BCUT2D eigenvalue weighted by Crippen LogP contribution is -2.54. The highest BCUT2D eigenvalue weighted by atomic mass is 35.5. The highest BCUT2D eigenvalue weighted by molar-refractivity contribution is 5.85. The van der Waals surface area contributed by atoms with Crippen LogP contribution in [0.4, 0.5) is 4.79 Å². The summed E-state index contributed by atoms with van der Waals surface area (Å²) in [6, 6.07) is 9.66. The molecule has 2 rings (SSSR count). The topological polar surface area (TPSA) is 73.4 Å². The molecular weight excluding hydrogens is 278 g/mol. The Bertz CT molecular complexity index is 403. The number of carbonyl (C=O) groups is 1. The van der Waals surface area contributed by atoms with Crippen molar-refractivity contribution in [3.63, 3.8) is 0 Å². The second-order valence-electron chi connectivity index (χ2n) is 4.80.